The highest BCUT2D eigenvalue weighted by Gasteiger charge is 2.13. The van der Waals surface area contributed by atoms with Gasteiger partial charge in [-0.3, -0.25) is 14.9 Å². The fourth-order valence-corrected chi connectivity index (χ4v) is 3.67. The quantitative estimate of drug-likeness (QED) is 0.103. The Morgan fingerprint density at radius 2 is 1.51 bits per heavy atom. The van der Waals surface area contributed by atoms with Crippen molar-refractivity contribution in [2.75, 3.05) is 33.8 Å². The second kappa shape index (κ2) is 12.5. The first kappa shape index (κ1) is 27.1. The molecule has 0 spiro atoms. The maximum Gasteiger partial charge on any atom is 0.269 e. The summed E-state index contributed by atoms with van der Waals surface area (Å²) in [5.74, 6) is 1.64. The molecule has 0 heterocycles. The summed E-state index contributed by atoms with van der Waals surface area (Å²) >= 11 is 6.35. The van der Waals surface area contributed by atoms with Crippen molar-refractivity contribution in [1.29, 1.82) is 0 Å². The summed E-state index contributed by atoms with van der Waals surface area (Å²) in [6.07, 6.45) is 6.48. The van der Waals surface area contributed by atoms with E-state index in [-0.39, 0.29) is 11.5 Å². The zero-order chi connectivity index (χ0) is 26.9. The van der Waals surface area contributed by atoms with Crippen molar-refractivity contribution in [3.8, 4) is 23.0 Å². The van der Waals surface area contributed by atoms with Crippen LogP contribution in [0.1, 0.15) is 21.5 Å². The number of carbonyl (C=O) groups is 1. The van der Waals surface area contributed by atoms with Crippen LogP contribution in [-0.2, 0) is 0 Å². The number of carbonyl (C=O) groups excluding carboxylic acids is 1. The molecule has 0 saturated heterocycles. The highest BCUT2D eigenvalue weighted by Crippen LogP contribution is 2.39. The number of ketones is 1. The van der Waals surface area contributed by atoms with Crippen LogP contribution in [0, 0.1) is 10.1 Å². The predicted molar refractivity (Wildman–Crippen MR) is 143 cm³/mol. The van der Waals surface area contributed by atoms with E-state index in [9.17, 15) is 14.9 Å². The lowest BCUT2D eigenvalue weighted by atomic mass is 10.1. The number of nitrogens with zero attached hydrogens (tertiary/aromatic N) is 1. The lowest BCUT2D eigenvalue weighted by Crippen LogP contribution is -1.98. The normalized spacial score (nSPS) is 10.9. The monoisotopic (exact) mass is 524 g/mol. The van der Waals surface area contributed by atoms with Crippen molar-refractivity contribution in [3.63, 3.8) is 0 Å². The van der Waals surface area contributed by atoms with Crippen LogP contribution in [-0.4, -0.2) is 39.1 Å². The van der Waals surface area contributed by atoms with E-state index in [1.807, 2.05) is 12.2 Å². The molecule has 0 unspecified atom stereocenters. The summed E-state index contributed by atoms with van der Waals surface area (Å²) in [4.78, 5) is 22.8. The van der Waals surface area contributed by atoms with E-state index < -0.39 is 4.92 Å². The van der Waals surface area contributed by atoms with Gasteiger partial charge in [-0.05, 0) is 41.5 Å². The third-order valence-electron chi connectivity index (χ3n) is 5.30. The predicted octanol–water partition coefficient (Wildman–Crippen LogP) is 6.26. The summed E-state index contributed by atoms with van der Waals surface area (Å²) in [5, 5.41) is 14.3. The van der Waals surface area contributed by atoms with Crippen LogP contribution in [0.25, 0.3) is 12.2 Å². The Balaban J connectivity index is 1.88. The molecular formula is C27H25ClN2O7. The van der Waals surface area contributed by atoms with Gasteiger partial charge in [0.25, 0.3) is 5.69 Å². The van der Waals surface area contributed by atoms with Crippen LogP contribution in [0.15, 0.2) is 60.8 Å². The molecule has 0 bridgehead atoms. The minimum Gasteiger partial charge on any atom is -0.495 e. The van der Waals surface area contributed by atoms with Crippen LogP contribution in [0.3, 0.4) is 0 Å². The average molecular weight is 525 g/mol. The molecule has 9 nitrogen and oxygen atoms in total. The number of hydrogen-bond acceptors (Lipinski definition) is 8. The van der Waals surface area contributed by atoms with Crippen molar-refractivity contribution in [2.45, 2.75) is 0 Å². The summed E-state index contributed by atoms with van der Waals surface area (Å²) in [6, 6.07) is 12.4. The number of non-ortho nitro benzene ring substituents is 1. The summed E-state index contributed by atoms with van der Waals surface area (Å²) in [7, 11) is 6.12. The minimum atomic E-state index is -0.521. The molecule has 0 fully saturated rings. The fraction of sp³-hybridized carbons (Fsp3) is 0.148. The van der Waals surface area contributed by atoms with Gasteiger partial charge in [0.05, 0.1) is 38.4 Å². The van der Waals surface area contributed by atoms with Crippen molar-refractivity contribution < 1.29 is 28.7 Å². The third-order valence-corrected chi connectivity index (χ3v) is 5.60. The molecule has 3 aromatic rings. The number of methoxy groups -OCH3 is 4. The number of allylic oxidation sites excluding steroid dienone is 1. The van der Waals surface area contributed by atoms with Crippen molar-refractivity contribution in [2.24, 2.45) is 0 Å². The number of nitrogens with one attached hydrogen (secondary N) is 1. The molecule has 3 rings (SSSR count). The number of ether oxygens (including phenoxy) is 4. The van der Waals surface area contributed by atoms with E-state index in [1.54, 1.807) is 38.5 Å². The maximum atomic E-state index is 12.5. The largest absolute Gasteiger partial charge is 0.495 e. The SMILES string of the molecule is COc1cc(NC=CC(=O)c2ccc([N+](=O)[O-])cc2)c(C=Cc2cc(OC)c(OC)c(OC)c2)cc1Cl. The zero-order valence-corrected chi connectivity index (χ0v) is 21.4. The third kappa shape index (κ3) is 6.59. The number of nitro groups is 1. The van der Waals surface area contributed by atoms with Crippen molar-refractivity contribution in [1.82, 2.24) is 0 Å². The highest BCUT2D eigenvalue weighted by atomic mass is 35.5. The summed E-state index contributed by atoms with van der Waals surface area (Å²) < 4.78 is 21.5. The molecule has 0 amide bonds. The molecule has 0 radical (unpaired) electrons. The van der Waals surface area contributed by atoms with E-state index in [0.717, 1.165) is 5.56 Å². The number of nitro benzene ring substituents is 1. The summed E-state index contributed by atoms with van der Waals surface area (Å²) in [6.45, 7) is 0. The fourth-order valence-electron chi connectivity index (χ4n) is 3.42. The molecule has 3 aromatic carbocycles. The van der Waals surface area contributed by atoms with Crippen LogP contribution < -0.4 is 24.3 Å². The highest BCUT2D eigenvalue weighted by molar-refractivity contribution is 6.32. The standard InChI is InChI=1S/C27H25ClN2O7/c1-34-24-16-22(29-12-11-23(31)18-7-9-20(10-8-18)30(32)33)19(15-21(24)28)6-5-17-13-25(35-2)27(37-4)26(14-17)36-3/h5-16,29H,1-4H3. The summed E-state index contributed by atoms with van der Waals surface area (Å²) in [5.41, 5.74) is 2.36. The van der Waals surface area contributed by atoms with E-state index in [4.69, 9.17) is 30.5 Å². The van der Waals surface area contributed by atoms with Gasteiger partial charge in [0.2, 0.25) is 5.75 Å². The van der Waals surface area contributed by atoms with Gasteiger partial charge in [0.1, 0.15) is 5.75 Å². The van der Waals surface area contributed by atoms with Crippen LogP contribution in [0.4, 0.5) is 11.4 Å². The van der Waals surface area contributed by atoms with Gasteiger partial charge in [-0.15, -0.1) is 0 Å². The Morgan fingerprint density at radius 3 is 2.05 bits per heavy atom. The number of rotatable bonds is 11. The van der Waals surface area contributed by atoms with Gasteiger partial charge < -0.3 is 24.3 Å². The van der Waals surface area contributed by atoms with Crippen LogP contribution >= 0.6 is 11.6 Å². The molecule has 37 heavy (non-hydrogen) atoms. The van der Waals surface area contributed by atoms with Gasteiger partial charge >= 0.3 is 0 Å². The second-order valence-electron chi connectivity index (χ2n) is 7.51. The molecule has 1 N–H and O–H groups in total. The van der Waals surface area contributed by atoms with E-state index in [0.29, 0.717) is 44.8 Å². The molecule has 0 saturated carbocycles. The number of anilines is 1. The molecule has 192 valence electrons. The minimum absolute atomic E-state index is 0.0876. The topological polar surface area (TPSA) is 109 Å². The Kier molecular flexibility index (Phi) is 9.12. The van der Waals surface area contributed by atoms with E-state index in [1.165, 1.54) is 50.8 Å². The molecular weight excluding hydrogens is 500 g/mol. The first-order valence-corrected chi connectivity index (χ1v) is 11.3. The van der Waals surface area contributed by atoms with Gasteiger partial charge in [-0.25, -0.2) is 0 Å². The van der Waals surface area contributed by atoms with Crippen molar-refractivity contribution >= 4 is 40.9 Å². The van der Waals surface area contributed by atoms with Gasteiger partial charge in [-0.1, -0.05) is 23.8 Å². The molecule has 0 aromatic heterocycles. The Bertz CT molecular complexity index is 1330. The lowest BCUT2D eigenvalue weighted by molar-refractivity contribution is -0.384. The first-order chi connectivity index (χ1) is 17.8. The molecule has 0 aliphatic carbocycles. The Morgan fingerprint density at radius 1 is 0.892 bits per heavy atom. The van der Waals surface area contributed by atoms with Gasteiger partial charge in [-0.2, -0.15) is 0 Å². The molecule has 0 aliphatic heterocycles. The number of halogens is 1. The molecule has 0 aliphatic rings. The Hall–Kier alpha value is -4.50. The average Bonchev–Trinajstić information content (AvgIpc) is 2.91. The van der Waals surface area contributed by atoms with E-state index >= 15 is 0 Å². The second-order valence-corrected chi connectivity index (χ2v) is 7.92. The number of benzene rings is 3. The van der Waals surface area contributed by atoms with Crippen LogP contribution in [0.2, 0.25) is 5.02 Å². The molecule has 0 atom stereocenters. The zero-order valence-electron chi connectivity index (χ0n) is 20.6. The van der Waals surface area contributed by atoms with Gasteiger partial charge in [0.15, 0.2) is 17.3 Å². The van der Waals surface area contributed by atoms with E-state index in [2.05, 4.69) is 5.32 Å². The van der Waals surface area contributed by atoms with Gasteiger partial charge in [0, 0.05) is 41.7 Å². The lowest BCUT2D eigenvalue weighted by Gasteiger charge is -2.13. The Labute approximate surface area is 219 Å². The van der Waals surface area contributed by atoms with Crippen molar-refractivity contribution in [3.05, 3.63) is 92.6 Å². The maximum absolute atomic E-state index is 12.5. The smallest absolute Gasteiger partial charge is 0.269 e. The first-order valence-electron chi connectivity index (χ1n) is 10.9. The number of hydrogen-bond donors (Lipinski definition) is 1. The molecule has 10 heteroatoms. The van der Waals surface area contributed by atoms with Crippen LogP contribution in [0.5, 0.6) is 23.0 Å².